The normalized spacial score (nSPS) is 17.4. The molecule has 1 aliphatic heterocycles. The van der Waals surface area contributed by atoms with E-state index in [-0.39, 0.29) is 46.9 Å². The summed E-state index contributed by atoms with van der Waals surface area (Å²) in [4.78, 5) is 28.7. The highest BCUT2D eigenvalue weighted by atomic mass is 32.2. The average Bonchev–Trinajstić information content (AvgIpc) is 3.72. The van der Waals surface area contributed by atoms with E-state index in [0.29, 0.717) is 17.7 Å². The van der Waals surface area contributed by atoms with Crippen molar-refractivity contribution < 1.29 is 54.2 Å². The number of fused-ring (bicyclic) bond motifs is 4. The number of ether oxygens (including phenoxy) is 1. The monoisotopic (exact) mass is 744 g/mol. The topological polar surface area (TPSA) is 113 Å². The Bertz CT molecular complexity index is 2110. The van der Waals surface area contributed by atoms with Gasteiger partial charge >= 0.3 is 18.4 Å². The molecule has 1 fully saturated rings. The van der Waals surface area contributed by atoms with Crippen molar-refractivity contribution in [3.63, 3.8) is 0 Å². The summed E-state index contributed by atoms with van der Waals surface area (Å²) < 4.78 is 112. The number of rotatable bonds is 8. The van der Waals surface area contributed by atoms with Gasteiger partial charge in [0.05, 0.1) is 17.2 Å². The van der Waals surface area contributed by atoms with Gasteiger partial charge in [-0.3, -0.25) is 9.69 Å². The van der Waals surface area contributed by atoms with E-state index in [9.17, 15) is 49.5 Å². The van der Waals surface area contributed by atoms with E-state index >= 15 is 0 Å². The van der Waals surface area contributed by atoms with Crippen LogP contribution in [0.5, 0.6) is 0 Å². The Kier molecular flexibility index (Phi) is 8.64. The van der Waals surface area contributed by atoms with Crippen LogP contribution in [0.2, 0.25) is 0 Å². The Labute approximate surface area is 293 Å². The molecule has 0 bridgehead atoms. The smallest absolute Gasteiger partial charge is 0.430 e. The number of halogens is 6. The Morgan fingerprint density at radius 2 is 1.38 bits per heavy atom. The first-order chi connectivity index (χ1) is 24.5. The summed E-state index contributed by atoms with van der Waals surface area (Å²) >= 11 is 0. The number of anilines is 1. The minimum absolute atomic E-state index is 0.0177. The molecule has 2 N–H and O–H groups in total. The summed E-state index contributed by atoms with van der Waals surface area (Å²) in [5, 5.41) is 12.2. The Hall–Kier alpha value is -4.89. The van der Waals surface area contributed by atoms with Crippen LogP contribution in [-0.2, 0) is 31.5 Å². The van der Waals surface area contributed by atoms with Gasteiger partial charge < -0.3 is 15.2 Å². The minimum atomic E-state index is -6.10. The van der Waals surface area contributed by atoms with Crippen LogP contribution in [-0.4, -0.2) is 55.1 Å². The molecule has 2 amide bonds. The van der Waals surface area contributed by atoms with Crippen molar-refractivity contribution in [1.82, 2.24) is 4.90 Å². The highest BCUT2D eigenvalue weighted by Gasteiger charge is 2.71. The fourth-order valence-electron chi connectivity index (χ4n) is 6.94. The number of carbonyl (C=O) groups is 2. The molecule has 0 aromatic heterocycles. The van der Waals surface area contributed by atoms with Crippen LogP contribution in [0.15, 0.2) is 95.9 Å². The molecule has 1 heterocycles. The van der Waals surface area contributed by atoms with Crippen molar-refractivity contribution in [1.29, 1.82) is 0 Å². The lowest BCUT2D eigenvalue weighted by Crippen LogP contribution is -2.53. The predicted octanol–water partition coefficient (Wildman–Crippen LogP) is 7.63. The molecular weight excluding hydrogens is 714 g/mol. The van der Waals surface area contributed by atoms with Crippen molar-refractivity contribution in [2.75, 3.05) is 17.7 Å². The number of hydrogen-bond acceptors (Lipinski definition) is 6. The lowest BCUT2D eigenvalue weighted by Gasteiger charge is -2.32. The molecule has 3 aliphatic rings. The molecule has 0 saturated heterocycles. The molecule has 1 saturated carbocycles. The molecule has 4 aromatic carbocycles. The maximum atomic E-state index is 13.8. The first-order valence-electron chi connectivity index (χ1n) is 16.2. The molecule has 272 valence electrons. The van der Waals surface area contributed by atoms with E-state index in [2.05, 4.69) is 5.32 Å². The highest BCUT2D eigenvalue weighted by molar-refractivity contribution is 7.91. The van der Waals surface area contributed by atoms with Crippen LogP contribution in [0, 0.1) is 5.92 Å². The Balaban J connectivity index is 1.16. The number of amides is 2. The molecule has 0 spiro atoms. The van der Waals surface area contributed by atoms with Crippen molar-refractivity contribution in [3.05, 3.63) is 119 Å². The molecule has 4 aromatic rings. The van der Waals surface area contributed by atoms with Gasteiger partial charge in [-0.05, 0) is 76.4 Å². The lowest BCUT2D eigenvalue weighted by molar-refractivity contribution is -0.376. The number of nitrogens with one attached hydrogen (secondary N) is 1. The second-order valence-electron chi connectivity index (χ2n) is 13.2. The molecule has 1 unspecified atom stereocenters. The Morgan fingerprint density at radius 1 is 0.808 bits per heavy atom. The number of hydrogen-bond donors (Lipinski definition) is 2. The second-order valence-corrected chi connectivity index (χ2v) is 15.2. The summed E-state index contributed by atoms with van der Waals surface area (Å²) in [6, 6.07) is 20.3. The van der Waals surface area contributed by atoms with Crippen LogP contribution in [0.3, 0.4) is 0 Å². The summed E-state index contributed by atoms with van der Waals surface area (Å²) in [5.41, 5.74) is -2.45. The molecule has 2 aliphatic carbocycles. The van der Waals surface area contributed by atoms with Crippen LogP contribution in [0.4, 0.5) is 36.8 Å². The third-order valence-corrected chi connectivity index (χ3v) is 11.7. The number of sulfone groups is 1. The van der Waals surface area contributed by atoms with E-state index < -0.39 is 51.4 Å². The van der Waals surface area contributed by atoms with Gasteiger partial charge in [0.15, 0.2) is 9.84 Å². The van der Waals surface area contributed by atoms with Crippen molar-refractivity contribution in [2.24, 2.45) is 5.92 Å². The van der Waals surface area contributed by atoms with E-state index in [0.717, 1.165) is 52.1 Å². The van der Waals surface area contributed by atoms with Crippen molar-refractivity contribution in [3.8, 4) is 11.1 Å². The summed E-state index contributed by atoms with van der Waals surface area (Å²) in [6.45, 7) is -0.322. The maximum absolute atomic E-state index is 13.8. The van der Waals surface area contributed by atoms with Gasteiger partial charge in [-0.25, -0.2) is 13.2 Å². The fraction of sp³-hybridized carbons (Fsp3) is 0.297. The first kappa shape index (κ1) is 35.5. The maximum Gasteiger partial charge on any atom is 0.430 e. The Morgan fingerprint density at radius 3 is 1.94 bits per heavy atom. The lowest BCUT2D eigenvalue weighted by atomic mass is 9.92. The predicted molar refractivity (Wildman–Crippen MR) is 176 cm³/mol. The van der Waals surface area contributed by atoms with Gasteiger partial charge in [0.25, 0.3) is 11.5 Å². The van der Waals surface area contributed by atoms with Crippen LogP contribution in [0.1, 0.15) is 52.6 Å². The molecule has 52 heavy (non-hydrogen) atoms. The number of carbonyl (C=O) groups excluding carboxylic acids is 2. The molecular formula is C37H30F6N2O6S. The zero-order chi connectivity index (χ0) is 37.2. The third kappa shape index (κ3) is 6.19. The number of benzene rings is 4. The van der Waals surface area contributed by atoms with E-state index in [4.69, 9.17) is 4.74 Å². The zero-order valence-corrected chi connectivity index (χ0v) is 27.9. The van der Waals surface area contributed by atoms with Gasteiger partial charge in [-0.2, -0.15) is 26.3 Å². The molecule has 7 rings (SSSR count). The van der Waals surface area contributed by atoms with Crippen LogP contribution in [0.25, 0.3) is 11.1 Å². The minimum Gasteiger partial charge on any atom is -0.448 e. The molecule has 1 atom stereocenters. The zero-order valence-electron chi connectivity index (χ0n) is 27.0. The molecule has 15 heteroatoms. The van der Waals surface area contributed by atoms with Gasteiger partial charge in [0.1, 0.15) is 12.6 Å². The molecule has 8 nitrogen and oxygen atoms in total. The van der Waals surface area contributed by atoms with Gasteiger partial charge in [-0.1, -0.05) is 66.7 Å². The van der Waals surface area contributed by atoms with Gasteiger partial charge in [0, 0.05) is 17.2 Å². The van der Waals surface area contributed by atoms with Crippen molar-refractivity contribution >= 4 is 27.5 Å². The number of nitrogens with zero attached hydrogens (tertiary/aromatic N) is 1. The summed E-state index contributed by atoms with van der Waals surface area (Å²) in [7, 11) is -3.67. The fourth-order valence-corrected chi connectivity index (χ4v) is 8.68. The van der Waals surface area contributed by atoms with E-state index in [1.165, 1.54) is 18.2 Å². The largest absolute Gasteiger partial charge is 0.448 e. The van der Waals surface area contributed by atoms with Crippen LogP contribution >= 0.6 is 0 Å². The number of alkyl halides is 6. The SMILES string of the molecule is O=C(Nc1ccc(C(O)(C(F)(F)F)C(F)(F)F)cc1)C1c2ccc(S(=O)(=O)CC3CC3)cc2CN1C(=O)OCC1c2ccccc2-c2ccccc21. The summed E-state index contributed by atoms with van der Waals surface area (Å²) in [6.07, 6.45) is -11.5. The quantitative estimate of drug-likeness (QED) is 0.180. The second kappa shape index (κ2) is 12.7. The first-order valence-corrected chi connectivity index (χ1v) is 17.9. The van der Waals surface area contributed by atoms with Gasteiger partial charge in [-0.15, -0.1) is 0 Å². The molecule has 0 radical (unpaired) electrons. The van der Waals surface area contributed by atoms with E-state index in [1.54, 1.807) is 0 Å². The van der Waals surface area contributed by atoms with Gasteiger partial charge in [0.2, 0.25) is 0 Å². The van der Waals surface area contributed by atoms with Crippen LogP contribution < -0.4 is 5.32 Å². The van der Waals surface area contributed by atoms with E-state index in [1.807, 2.05) is 48.5 Å². The third-order valence-electron chi connectivity index (χ3n) is 9.78. The summed E-state index contributed by atoms with van der Waals surface area (Å²) in [5.74, 6) is -1.20. The van der Waals surface area contributed by atoms with Crippen molar-refractivity contribution in [2.45, 2.75) is 54.2 Å². The standard InChI is InChI=1S/C37H30F6N2O6S/c38-36(39,40)35(48,37(41,42)43)23-11-13-24(14-12-23)44-33(46)32-26-16-15-25(52(49,50)20-21-9-10-21)17-22(26)18-45(32)34(47)51-19-31-29-7-3-1-5-27(29)28-6-2-4-8-30(28)31/h1-8,11-17,21,31-32,48H,9-10,18-20H2,(H,44,46). The average molecular weight is 745 g/mol. The number of aliphatic hydroxyl groups is 1. The highest BCUT2D eigenvalue weighted by Crippen LogP contribution is 2.50.